The van der Waals surface area contributed by atoms with Gasteiger partial charge in [0.1, 0.15) is 0 Å². The molecule has 0 radical (unpaired) electrons. The molecule has 0 spiro atoms. The van der Waals surface area contributed by atoms with Gasteiger partial charge in [0, 0.05) is 32.2 Å². The molecule has 1 aliphatic heterocycles. The minimum absolute atomic E-state index is 0.471. The van der Waals surface area contributed by atoms with Gasteiger partial charge in [-0.05, 0) is 38.8 Å². The van der Waals surface area contributed by atoms with Crippen LogP contribution in [0.2, 0.25) is 0 Å². The number of ether oxygens (including phenoxy) is 1. The molecule has 1 aromatic carbocycles. The minimum Gasteiger partial charge on any atom is -0.379 e. The van der Waals surface area contributed by atoms with Crippen LogP contribution in [0.5, 0.6) is 0 Å². The first kappa shape index (κ1) is 18.7. The summed E-state index contributed by atoms with van der Waals surface area (Å²) < 4.78 is 5.42. The molecule has 0 saturated carbocycles. The summed E-state index contributed by atoms with van der Waals surface area (Å²) in [5.41, 5.74) is 3.87. The molecule has 1 saturated heterocycles. The molecule has 2 rings (SSSR count). The van der Waals surface area contributed by atoms with Crippen LogP contribution in [0.3, 0.4) is 0 Å². The zero-order valence-electron chi connectivity index (χ0n) is 15.6. The van der Waals surface area contributed by atoms with E-state index in [1.165, 1.54) is 16.7 Å². The van der Waals surface area contributed by atoms with Gasteiger partial charge >= 0.3 is 0 Å². The molecule has 0 amide bonds. The maximum Gasteiger partial charge on any atom is 0.191 e. The van der Waals surface area contributed by atoms with Crippen molar-refractivity contribution >= 4 is 5.96 Å². The third-order valence-electron chi connectivity index (χ3n) is 4.48. The lowest BCUT2D eigenvalue weighted by molar-refractivity contribution is 0.0211. The van der Waals surface area contributed by atoms with E-state index in [2.05, 4.69) is 61.4 Å². The number of nitrogens with zero attached hydrogens (tertiary/aromatic N) is 2. The number of morpholine rings is 1. The SMILES string of the molecule is CCNC(=NCc1ccc(C)cc1C)NCC(C)N1CCOCC1. The molecule has 1 atom stereocenters. The predicted octanol–water partition coefficient (Wildman–Crippen LogP) is 2.08. The van der Waals surface area contributed by atoms with Crippen LogP contribution in [0.15, 0.2) is 23.2 Å². The van der Waals surface area contributed by atoms with Crippen molar-refractivity contribution in [2.24, 2.45) is 4.99 Å². The van der Waals surface area contributed by atoms with Gasteiger partial charge in [-0.25, -0.2) is 4.99 Å². The standard InChI is InChI=1S/C19H32N4O/c1-5-20-19(21-13-17(4)23-8-10-24-11-9-23)22-14-18-7-6-15(2)12-16(18)3/h6-7,12,17H,5,8-11,13-14H2,1-4H3,(H2,20,21,22). The molecule has 24 heavy (non-hydrogen) atoms. The number of aryl methyl sites for hydroxylation is 2. The lowest BCUT2D eigenvalue weighted by Gasteiger charge is -2.32. The van der Waals surface area contributed by atoms with Crippen molar-refractivity contribution in [2.45, 2.75) is 40.3 Å². The molecule has 2 N–H and O–H groups in total. The number of guanidine groups is 1. The maximum atomic E-state index is 5.42. The van der Waals surface area contributed by atoms with E-state index in [0.717, 1.165) is 45.4 Å². The van der Waals surface area contributed by atoms with Crippen LogP contribution in [0.4, 0.5) is 0 Å². The van der Waals surface area contributed by atoms with E-state index in [4.69, 9.17) is 9.73 Å². The third kappa shape index (κ3) is 5.80. The fourth-order valence-corrected chi connectivity index (χ4v) is 2.92. The Hall–Kier alpha value is -1.59. The van der Waals surface area contributed by atoms with Crippen LogP contribution < -0.4 is 10.6 Å². The molecule has 5 heteroatoms. The van der Waals surface area contributed by atoms with Crippen molar-refractivity contribution in [3.63, 3.8) is 0 Å². The molecule has 0 aliphatic carbocycles. The number of hydrogen-bond donors (Lipinski definition) is 2. The van der Waals surface area contributed by atoms with Crippen LogP contribution in [-0.4, -0.2) is 56.3 Å². The number of benzene rings is 1. The van der Waals surface area contributed by atoms with E-state index in [0.29, 0.717) is 12.6 Å². The Morgan fingerprint density at radius 3 is 2.67 bits per heavy atom. The summed E-state index contributed by atoms with van der Waals surface area (Å²) in [4.78, 5) is 7.21. The predicted molar refractivity (Wildman–Crippen MR) is 101 cm³/mol. The smallest absolute Gasteiger partial charge is 0.191 e. The summed E-state index contributed by atoms with van der Waals surface area (Å²) in [7, 11) is 0. The van der Waals surface area contributed by atoms with E-state index < -0.39 is 0 Å². The van der Waals surface area contributed by atoms with Gasteiger partial charge in [-0.15, -0.1) is 0 Å². The fourth-order valence-electron chi connectivity index (χ4n) is 2.92. The highest BCUT2D eigenvalue weighted by Crippen LogP contribution is 2.11. The summed E-state index contributed by atoms with van der Waals surface area (Å²) in [5.74, 6) is 0.887. The largest absolute Gasteiger partial charge is 0.379 e. The van der Waals surface area contributed by atoms with Crippen molar-refractivity contribution < 1.29 is 4.74 Å². The number of nitrogens with one attached hydrogen (secondary N) is 2. The van der Waals surface area contributed by atoms with E-state index in [1.807, 2.05) is 0 Å². The number of rotatable bonds is 6. The maximum absolute atomic E-state index is 5.42. The number of aliphatic imine (C=N–C) groups is 1. The van der Waals surface area contributed by atoms with Crippen LogP contribution in [0.1, 0.15) is 30.5 Å². The van der Waals surface area contributed by atoms with E-state index in [9.17, 15) is 0 Å². The van der Waals surface area contributed by atoms with Crippen molar-refractivity contribution in [3.8, 4) is 0 Å². The van der Waals surface area contributed by atoms with Gasteiger partial charge in [0.05, 0.1) is 19.8 Å². The molecular weight excluding hydrogens is 300 g/mol. The van der Waals surface area contributed by atoms with Gasteiger partial charge in [0.2, 0.25) is 0 Å². The first-order chi connectivity index (χ1) is 11.6. The van der Waals surface area contributed by atoms with Gasteiger partial charge in [0.15, 0.2) is 5.96 Å². The molecule has 1 aromatic rings. The van der Waals surface area contributed by atoms with Crippen molar-refractivity contribution in [2.75, 3.05) is 39.4 Å². The molecule has 1 unspecified atom stereocenters. The van der Waals surface area contributed by atoms with E-state index in [-0.39, 0.29) is 0 Å². The molecule has 1 fully saturated rings. The first-order valence-corrected chi connectivity index (χ1v) is 9.00. The van der Waals surface area contributed by atoms with Gasteiger partial charge in [-0.2, -0.15) is 0 Å². The quantitative estimate of drug-likeness (QED) is 0.619. The highest BCUT2D eigenvalue weighted by molar-refractivity contribution is 5.79. The van der Waals surface area contributed by atoms with Crippen molar-refractivity contribution in [3.05, 3.63) is 34.9 Å². The summed E-state index contributed by atoms with van der Waals surface area (Å²) in [6, 6.07) is 7.01. The molecular formula is C19H32N4O. The second-order valence-corrected chi connectivity index (χ2v) is 6.50. The average molecular weight is 332 g/mol. The zero-order valence-corrected chi connectivity index (χ0v) is 15.6. The lowest BCUT2D eigenvalue weighted by atomic mass is 10.1. The van der Waals surface area contributed by atoms with Gasteiger partial charge in [-0.3, -0.25) is 4.90 Å². The van der Waals surface area contributed by atoms with Gasteiger partial charge in [-0.1, -0.05) is 23.8 Å². The molecule has 1 aliphatic rings. The van der Waals surface area contributed by atoms with Crippen LogP contribution in [-0.2, 0) is 11.3 Å². The summed E-state index contributed by atoms with van der Waals surface area (Å²) >= 11 is 0. The first-order valence-electron chi connectivity index (χ1n) is 9.00. The fraction of sp³-hybridized carbons (Fsp3) is 0.632. The summed E-state index contributed by atoms with van der Waals surface area (Å²) in [6.45, 7) is 14.8. The van der Waals surface area contributed by atoms with Crippen molar-refractivity contribution in [1.82, 2.24) is 15.5 Å². The monoisotopic (exact) mass is 332 g/mol. The Morgan fingerprint density at radius 1 is 1.25 bits per heavy atom. The number of hydrogen-bond acceptors (Lipinski definition) is 3. The van der Waals surface area contributed by atoms with Crippen LogP contribution in [0.25, 0.3) is 0 Å². The average Bonchev–Trinajstić information content (AvgIpc) is 2.59. The summed E-state index contributed by atoms with van der Waals surface area (Å²) in [5, 5.41) is 6.81. The Morgan fingerprint density at radius 2 is 2.00 bits per heavy atom. The van der Waals surface area contributed by atoms with E-state index in [1.54, 1.807) is 0 Å². The highest BCUT2D eigenvalue weighted by Gasteiger charge is 2.16. The van der Waals surface area contributed by atoms with Crippen molar-refractivity contribution in [1.29, 1.82) is 0 Å². The Labute approximate surface area is 146 Å². The second kappa shape index (κ2) is 9.64. The zero-order chi connectivity index (χ0) is 17.4. The topological polar surface area (TPSA) is 48.9 Å². The van der Waals surface area contributed by atoms with E-state index >= 15 is 0 Å². The van der Waals surface area contributed by atoms with Crippen LogP contribution in [0, 0.1) is 13.8 Å². The molecule has 0 aromatic heterocycles. The Bertz CT molecular complexity index is 538. The third-order valence-corrected chi connectivity index (χ3v) is 4.48. The molecule has 1 heterocycles. The molecule has 134 valence electrons. The van der Waals surface area contributed by atoms with Crippen LogP contribution >= 0.6 is 0 Å². The Balaban J connectivity index is 1.90. The molecule has 5 nitrogen and oxygen atoms in total. The molecule has 0 bridgehead atoms. The summed E-state index contributed by atoms with van der Waals surface area (Å²) in [6.07, 6.45) is 0. The Kier molecular flexibility index (Phi) is 7.53. The van der Waals surface area contributed by atoms with Gasteiger partial charge < -0.3 is 15.4 Å². The minimum atomic E-state index is 0.471. The van der Waals surface area contributed by atoms with Gasteiger partial charge in [0.25, 0.3) is 0 Å². The second-order valence-electron chi connectivity index (χ2n) is 6.50. The normalized spacial score (nSPS) is 17.6. The lowest BCUT2D eigenvalue weighted by Crippen LogP contribution is -2.49. The highest BCUT2D eigenvalue weighted by atomic mass is 16.5.